The first-order valence-electron chi connectivity index (χ1n) is 5.80. The Labute approximate surface area is 112 Å². The van der Waals surface area contributed by atoms with E-state index in [0.717, 1.165) is 4.90 Å². The van der Waals surface area contributed by atoms with Crippen LogP contribution in [0.5, 0.6) is 0 Å². The van der Waals surface area contributed by atoms with Gasteiger partial charge >= 0.3 is 18.2 Å². The molecule has 1 aliphatic heterocycles. The zero-order valence-electron chi connectivity index (χ0n) is 10.4. The molecule has 1 saturated heterocycles. The van der Waals surface area contributed by atoms with E-state index in [1.54, 1.807) is 0 Å². The van der Waals surface area contributed by atoms with Crippen molar-refractivity contribution < 1.29 is 37.7 Å². The van der Waals surface area contributed by atoms with Crippen molar-refractivity contribution in [3.63, 3.8) is 0 Å². The van der Waals surface area contributed by atoms with Crippen molar-refractivity contribution >= 4 is 12.0 Å². The van der Waals surface area contributed by atoms with Crippen molar-refractivity contribution in [2.24, 2.45) is 0 Å². The number of ether oxygens (including phenoxy) is 1. The van der Waals surface area contributed by atoms with Gasteiger partial charge in [-0.2, -0.15) is 13.2 Å². The minimum Gasteiger partial charge on any atom is -0.480 e. The molecule has 1 rings (SSSR count). The Bertz CT molecular complexity index is 363. The van der Waals surface area contributed by atoms with E-state index in [1.165, 1.54) is 0 Å². The third-order valence-electron chi connectivity index (χ3n) is 2.61. The van der Waals surface area contributed by atoms with Gasteiger partial charge < -0.3 is 25.2 Å². The Hall–Kier alpha value is -1.55. The monoisotopic (exact) mass is 300 g/mol. The first kappa shape index (κ1) is 16.5. The number of hydrogen-bond donors (Lipinski definition) is 3. The van der Waals surface area contributed by atoms with Crippen molar-refractivity contribution in [1.29, 1.82) is 0 Å². The lowest BCUT2D eigenvalue weighted by Crippen LogP contribution is -2.47. The van der Waals surface area contributed by atoms with Crippen LogP contribution in [-0.4, -0.2) is 71.7 Å². The van der Waals surface area contributed by atoms with Crippen LogP contribution in [0, 0.1) is 0 Å². The van der Waals surface area contributed by atoms with Crippen LogP contribution >= 0.6 is 0 Å². The van der Waals surface area contributed by atoms with Gasteiger partial charge in [-0.3, -0.25) is 0 Å². The lowest BCUT2D eigenvalue weighted by Gasteiger charge is -2.21. The van der Waals surface area contributed by atoms with Gasteiger partial charge in [0, 0.05) is 19.5 Å². The number of urea groups is 1. The molecule has 10 heteroatoms. The summed E-state index contributed by atoms with van der Waals surface area (Å²) in [4.78, 5) is 23.4. The highest BCUT2D eigenvalue weighted by atomic mass is 19.4. The third kappa shape index (κ3) is 5.21. The molecule has 0 unspecified atom stereocenters. The number of carboxylic acids is 1. The summed E-state index contributed by atoms with van der Waals surface area (Å²) in [6, 6.07) is -1.90. The molecule has 0 radical (unpaired) electrons. The van der Waals surface area contributed by atoms with E-state index in [2.05, 4.69) is 10.1 Å². The summed E-state index contributed by atoms with van der Waals surface area (Å²) in [6.07, 6.45) is -5.44. The first-order chi connectivity index (χ1) is 9.20. The molecule has 2 atom stereocenters. The largest absolute Gasteiger partial charge is 0.480 e. The molecule has 1 heterocycles. The molecule has 0 spiro atoms. The summed E-state index contributed by atoms with van der Waals surface area (Å²) >= 11 is 0. The highest BCUT2D eigenvalue weighted by Crippen LogP contribution is 2.18. The predicted molar refractivity (Wildman–Crippen MR) is 59.0 cm³/mol. The average Bonchev–Trinajstić information content (AvgIpc) is 2.69. The van der Waals surface area contributed by atoms with Crippen LogP contribution in [0.3, 0.4) is 0 Å². The van der Waals surface area contributed by atoms with E-state index in [1.807, 2.05) is 0 Å². The van der Waals surface area contributed by atoms with Crippen molar-refractivity contribution in [2.75, 3.05) is 26.3 Å². The van der Waals surface area contributed by atoms with Gasteiger partial charge in [-0.05, 0) is 0 Å². The number of hydrogen-bond acceptors (Lipinski definition) is 4. The van der Waals surface area contributed by atoms with Gasteiger partial charge in [0.15, 0.2) is 0 Å². The number of carboxylic acid groups (broad SMARTS) is 1. The van der Waals surface area contributed by atoms with Gasteiger partial charge in [0.05, 0.1) is 12.7 Å². The molecule has 116 valence electrons. The maximum Gasteiger partial charge on any atom is 0.411 e. The number of alkyl halides is 3. The number of aliphatic hydroxyl groups is 1. The van der Waals surface area contributed by atoms with E-state index in [9.17, 15) is 27.9 Å². The molecule has 3 N–H and O–H groups in total. The Morgan fingerprint density at radius 3 is 2.60 bits per heavy atom. The molecule has 7 nitrogen and oxygen atoms in total. The van der Waals surface area contributed by atoms with Crippen LogP contribution in [-0.2, 0) is 9.53 Å². The zero-order valence-corrected chi connectivity index (χ0v) is 10.4. The normalized spacial score (nSPS) is 22.9. The summed E-state index contributed by atoms with van der Waals surface area (Å²) in [7, 11) is 0. The number of rotatable bonds is 5. The Kier molecular flexibility index (Phi) is 5.57. The topological polar surface area (TPSA) is 99.1 Å². The van der Waals surface area contributed by atoms with Crippen LogP contribution in [0.15, 0.2) is 0 Å². The number of aliphatic carboxylic acids is 1. The Morgan fingerprint density at radius 1 is 1.40 bits per heavy atom. The van der Waals surface area contributed by atoms with Crippen LogP contribution in [0.4, 0.5) is 18.0 Å². The molecule has 0 aliphatic carbocycles. The zero-order chi connectivity index (χ0) is 15.3. The summed E-state index contributed by atoms with van der Waals surface area (Å²) in [6.45, 7) is -2.08. The summed E-state index contributed by atoms with van der Waals surface area (Å²) in [5, 5.41) is 20.4. The smallest absolute Gasteiger partial charge is 0.411 e. The van der Waals surface area contributed by atoms with Gasteiger partial charge in [-0.25, -0.2) is 9.59 Å². The lowest BCUT2D eigenvalue weighted by molar-refractivity contribution is -0.173. The van der Waals surface area contributed by atoms with Crippen molar-refractivity contribution in [1.82, 2.24) is 10.2 Å². The molecule has 1 fully saturated rings. The van der Waals surface area contributed by atoms with Crippen molar-refractivity contribution in [2.45, 2.75) is 24.7 Å². The molecule has 0 aromatic carbocycles. The van der Waals surface area contributed by atoms with E-state index < -0.39 is 36.9 Å². The number of nitrogens with one attached hydrogen (secondary N) is 1. The second-order valence-electron chi connectivity index (χ2n) is 4.30. The van der Waals surface area contributed by atoms with Crippen molar-refractivity contribution in [3.05, 3.63) is 0 Å². The van der Waals surface area contributed by atoms with Gasteiger partial charge in [0.25, 0.3) is 0 Å². The maximum absolute atomic E-state index is 11.8. The first-order valence-corrected chi connectivity index (χ1v) is 5.80. The molecule has 0 aromatic rings. The molecule has 0 bridgehead atoms. The van der Waals surface area contributed by atoms with E-state index in [0.29, 0.717) is 0 Å². The average molecular weight is 300 g/mol. The van der Waals surface area contributed by atoms with Crippen molar-refractivity contribution in [3.8, 4) is 0 Å². The van der Waals surface area contributed by atoms with Crippen LogP contribution in [0.2, 0.25) is 0 Å². The number of amides is 2. The summed E-state index contributed by atoms with van der Waals surface area (Å²) in [5.74, 6) is -1.25. The standard InChI is InChI=1S/C10H15F3N2O5/c11-10(12,13)5-20-2-1-14-9(19)15-4-6(16)3-7(15)8(17)18/h6-7,16H,1-5H2,(H,14,19)(H,17,18)/t6-,7+/m1/s1. The Balaban J connectivity index is 2.30. The van der Waals surface area contributed by atoms with Crippen LogP contribution in [0.1, 0.15) is 6.42 Å². The predicted octanol–water partition coefficient (Wildman–Crippen LogP) is -0.205. The molecule has 2 amide bonds. The van der Waals surface area contributed by atoms with Crippen LogP contribution < -0.4 is 5.32 Å². The van der Waals surface area contributed by atoms with E-state index in [-0.39, 0.29) is 26.1 Å². The van der Waals surface area contributed by atoms with Gasteiger partial charge in [0.2, 0.25) is 0 Å². The fraction of sp³-hybridized carbons (Fsp3) is 0.800. The fourth-order valence-corrected chi connectivity index (χ4v) is 1.79. The number of carbonyl (C=O) groups excluding carboxylic acids is 1. The molecule has 1 aliphatic rings. The van der Waals surface area contributed by atoms with Gasteiger partial charge in [-0.15, -0.1) is 0 Å². The summed E-state index contributed by atoms with van der Waals surface area (Å²) < 4.78 is 39.6. The number of halogens is 3. The summed E-state index contributed by atoms with van der Waals surface area (Å²) in [5.41, 5.74) is 0. The molecule has 20 heavy (non-hydrogen) atoms. The number of aliphatic hydroxyl groups excluding tert-OH is 1. The molecular formula is C10H15F3N2O5. The number of carbonyl (C=O) groups is 2. The quantitative estimate of drug-likeness (QED) is 0.610. The highest BCUT2D eigenvalue weighted by Gasteiger charge is 2.38. The van der Waals surface area contributed by atoms with E-state index >= 15 is 0 Å². The Morgan fingerprint density at radius 2 is 2.05 bits per heavy atom. The fourth-order valence-electron chi connectivity index (χ4n) is 1.79. The second kappa shape index (κ2) is 6.75. The molecular weight excluding hydrogens is 285 g/mol. The maximum atomic E-state index is 11.8. The van der Waals surface area contributed by atoms with E-state index in [4.69, 9.17) is 5.11 Å². The van der Waals surface area contributed by atoms with Gasteiger partial charge in [0.1, 0.15) is 12.6 Å². The number of β-amino-alcohol motifs (C(OH)–C–C–N with tert-alkyl or cyclic N) is 1. The minimum atomic E-state index is -4.43. The van der Waals surface area contributed by atoms with Gasteiger partial charge in [-0.1, -0.05) is 0 Å². The molecule has 0 aromatic heterocycles. The number of nitrogens with zero attached hydrogens (tertiary/aromatic N) is 1. The molecule has 0 saturated carbocycles. The third-order valence-corrected chi connectivity index (χ3v) is 2.61. The van der Waals surface area contributed by atoms with Crippen LogP contribution in [0.25, 0.3) is 0 Å². The SMILES string of the molecule is O=C(O)[C@@H]1C[C@@H](O)CN1C(=O)NCCOCC(F)(F)F. The second-order valence-corrected chi connectivity index (χ2v) is 4.30. The lowest BCUT2D eigenvalue weighted by atomic mass is 10.2. The highest BCUT2D eigenvalue weighted by molar-refractivity contribution is 5.83. The number of likely N-dealkylation sites (tertiary alicyclic amines) is 1. The minimum absolute atomic E-state index is 0.0761.